The highest BCUT2D eigenvalue weighted by atomic mass is 19.4. The molecule has 2 N–H and O–H groups in total. The molecule has 1 unspecified atom stereocenters. The largest absolute Gasteiger partial charge is 0.416 e. The topological polar surface area (TPSA) is 29.3 Å². The minimum absolute atomic E-state index is 0.276. The SMILES string of the molecule is NCCC1CCCN1c1cccc(C(F)(F)F)c1. The van der Waals surface area contributed by atoms with Crippen molar-refractivity contribution in [2.24, 2.45) is 5.73 Å². The molecule has 1 aromatic carbocycles. The van der Waals surface area contributed by atoms with E-state index in [-0.39, 0.29) is 6.04 Å². The first-order chi connectivity index (χ1) is 8.52. The lowest BCUT2D eigenvalue weighted by Crippen LogP contribution is -2.31. The molecule has 0 bridgehead atoms. The van der Waals surface area contributed by atoms with Crippen LogP contribution in [0, 0.1) is 0 Å². The van der Waals surface area contributed by atoms with Crippen molar-refractivity contribution in [3.63, 3.8) is 0 Å². The van der Waals surface area contributed by atoms with Crippen molar-refractivity contribution < 1.29 is 13.2 Å². The molecule has 2 nitrogen and oxygen atoms in total. The molecule has 0 aromatic heterocycles. The number of rotatable bonds is 3. The van der Waals surface area contributed by atoms with E-state index in [9.17, 15) is 13.2 Å². The monoisotopic (exact) mass is 258 g/mol. The van der Waals surface area contributed by atoms with Gasteiger partial charge in [0.2, 0.25) is 0 Å². The number of anilines is 1. The predicted octanol–water partition coefficient (Wildman–Crippen LogP) is 3.02. The van der Waals surface area contributed by atoms with E-state index in [1.807, 2.05) is 4.90 Å². The van der Waals surface area contributed by atoms with Crippen LogP contribution in [0.1, 0.15) is 24.8 Å². The Bertz CT molecular complexity index is 403. The first kappa shape index (κ1) is 13.2. The molecular formula is C13H17F3N2. The van der Waals surface area contributed by atoms with Crippen LogP contribution in [-0.4, -0.2) is 19.1 Å². The van der Waals surface area contributed by atoms with E-state index < -0.39 is 11.7 Å². The van der Waals surface area contributed by atoms with Crippen LogP contribution >= 0.6 is 0 Å². The van der Waals surface area contributed by atoms with E-state index in [4.69, 9.17) is 5.73 Å². The molecule has 1 aliphatic heterocycles. The number of nitrogens with two attached hydrogens (primary N) is 1. The Balaban J connectivity index is 2.22. The van der Waals surface area contributed by atoms with E-state index >= 15 is 0 Å². The van der Waals surface area contributed by atoms with Gasteiger partial charge in [0.05, 0.1) is 5.56 Å². The van der Waals surface area contributed by atoms with Gasteiger partial charge >= 0.3 is 6.18 Å². The number of halogens is 3. The van der Waals surface area contributed by atoms with Crippen LogP contribution < -0.4 is 10.6 Å². The molecule has 100 valence electrons. The van der Waals surface area contributed by atoms with Gasteiger partial charge in [0, 0.05) is 18.3 Å². The van der Waals surface area contributed by atoms with Gasteiger partial charge in [-0.25, -0.2) is 0 Å². The van der Waals surface area contributed by atoms with Crippen LogP contribution in [0.5, 0.6) is 0 Å². The van der Waals surface area contributed by atoms with E-state index in [1.54, 1.807) is 6.07 Å². The fraction of sp³-hybridized carbons (Fsp3) is 0.538. The third-order valence-electron chi connectivity index (χ3n) is 3.38. The van der Waals surface area contributed by atoms with E-state index in [1.165, 1.54) is 12.1 Å². The molecule has 5 heteroatoms. The molecule has 1 saturated heterocycles. The van der Waals surface area contributed by atoms with Crippen molar-refractivity contribution in [1.29, 1.82) is 0 Å². The van der Waals surface area contributed by atoms with Crippen molar-refractivity contribution in [2.45, 2.75) is 31.5 Å². The summed E-state index contributed by atoms with van der Waals surface area (Å²) >= 11 is 0. The van der Waals surface area contributed by atoms with Gasteiger partial charge in [-0.1, -0.05) is 6.07 Å². The lowest BCUT2D eigenvalue weighted by molar-refractivity contribution is -0.137. The normalized spacial score (nSPS) is 20.4. The van der Waals surface area contributed by atoms with Crippen LogP contribution in [-0.2, 0) is 6.18 Å². The van der Waals surface area contributed by atoms with Crippen LogP contribution in [0.3, 0.4) is 0 Å². The quantitative estimate of drug-likeness (QED) is 0.903. The van der Waals surface area contributed by atoms with Crippen molar-refractivity contribution in [2.75, 3.05) is 18.0 Å². The Morgan fingerprint density at radius 2 is 2.11 bits per heavy atom. The van der Waals surface area contributed by atoms with Crippen molar-refractivity contribution in [3.8, 4) is 0 Å². The number of hydrogen-bond donors (Lipinski definition) is 1. The molecule has 1 aromatic rings. The average Bonchev–Trinajstić information content (AvgIpc) is 2.77. The Kier molecular flexibility index (Phi) is 3.80. The summed E-state index contributed by atoms with van der Waals surface area (Å²) in [6.45, 7) is 1.38. The molecule has 0 saturated carbocycles. The summed E-state index contributed by atoms with van der Waals surface area (Å²) in [6.07, 6.45) is -1.43. The zero-order valence-corrected chi connectivity index (χ0v) is 10.1. The standard InChI is InChI=1S/C13H17F3N2/c14-13(15,16)10-3-1-4-12(9-10)18-8-2-5-11(18)6-7-17/h1,3-4,9,11H,2,5-8,17H2. The molecule has 2 rings (SSSR count). The molecule has 0 spiro atoms. The molecule has 1 fully saturated rings. The molecule has 1 aliphatic rings. The molecule has 1 atom stereocenters. The van der Waals surface area contributed by atoms with E-state index in [0.717, 1.165) is 31.9 Å². The van der Waals surface area contributed by atoms with Crippen LogP contribution in [0.2, 0.25) is 0 Å². The molecule has 0 aliphatic carbocycles. The zero-order valence-electron chi connectivity index (χ0n) is 10.1. The Labute approximate surface area is 105 Å². The lowest BCUT2D eigenvalue weighted by atomic mass is 10.1. The van der Waals surface area contributed by atoms with Crippen LogP contribution in [0.4, 0.5) is 18.9 Å². The number of alkyl halides is 3. The zero-order chi connectivity index (χ0) is 13.2. The van der Waals surface area contributed by atoms with Crippen molar-refractivity contribution in [1.82, 2.24) is 0 Å². The van der Waals surface area contributed by atoms with Gasteiger partial charge in [-0.15, -0.1) is 0 Å². The third kappa shape index (κ3) is 2.77. The molecule has 1 heterocycles. The lowest BCUT2D eigenvalue weighted by Gasteiger charge is -2.27. The fourth-order valence-corrected chi connectivity index (χ4v) is 2.53. The summed E-state index contributed by atoms with van der Waals surface area (Å²) in [5.74, 6) is 0. The highest BCUT2D eigenvalue weighted by Gasteiger charge is 2.32. The third-order valence-corrected chi connectivity index (χ3v) is 3.38. The summed E-state index contributed by atoms with van der Waals surface area (Å²) in [5, 5.41) is 0. The van der Waals surface area contributed by atoms with Gasteiger partial charge in [0.1, 0.15) is 0 Å². The first-order valence-corrected chi connectivity index (χ1v) is 6.16. The summed E-state index contributed by atoms with van der Waals surface area (Å²) in [7, 11) is 0. The maximum absolute atomic E-state index is 12.7. The second kappa shape index (κ2) is 5.18. The average molecular weight is 258 g/mol. The van der Waals surface area contributed by atoms with Gasteiger partial charge in [-0.3, -0.25) is 0 Å². The molecule has 0 amide bonds. The van der Waals surface area contributed by atoms with Crippen LogP contribution in [0.15, 0.2) is 24.3 Å². The maximum atomic E-state index is 12.7. The Hall–Kier alpha value is -1.23. The second-order valence-corrected chi connectivity index (χ2v) is 4.61. The molecule has 18 heavy (non-hydrogen) atoms. The summed E-state index contributed by atoms with van der Waals surface area (Å²) in [5.41, 5.74) is 5.61. The van der Waals surface area contributed by atoms with Crippen molar-refractivity contribution >= 4 is 5.69 Å². The number of nitrogens with zero attached hydrogens (tertiary/aromatic N) is 1. The minimum Gasteiger partial charge on any atom is -0.368 e. The minimum atomic E-state index is -4.28. The molecular weight excluding hydrogens is 241 g/mol. The summed E-state index contributed by atoms with van der Waals surface area (Å²) in [4.78, 5) is 2.04. The highest BCUT2D eigenvalue weighted by molar-refractivity contribution is 5.51. The maximum Gasteiger partial charge on any atom is 0.416 e. The van der Waals surface area contributed by atoms with Gasteiger partial charge in [0.25, 0.3) is 0 Å². The predicted molar refractivity (Wildman–Crippen MR) is 65.5 cm³/mol. The van der Waals surface area contributed by atoms with Crippen molar-refractivity contribution in [3.05, 3.63) is 29.8 Å². The summed E-state index contributed by atoms with van der Waals surface area (Å²) < 4.78 is 38.0. The molecule has 0 radical (unpaired) electrons. The van der Waals surface area contributed by atoms with Gasteiger partial charge < -0.3 is 10.6 Å². The smallest absolute Gasteiger partial charge is 0.368 e. The van der Waals surface area contributed by atoms with Crippen LogP contribution in [0.25, 0.3) is 0 Å². The number of hydrogen-bond acceptors (Lipinski definition) is 2. The highest BCUT2D eigenvalue weighted by Crippen LogP contribution is 2.34. The first-order valence-electron chi connectivity index (χ1n) is 6.16. The Morgan fingerprint density at radius 3 is 2.78 bits per heavy atom. The van der Waals surface area contributed by atoms with E-state index in [2.05, 4.69) is 0 Å². The van der Waals surface area contributed by atoms with E-state index in [0.29, 0.717) is 12.2 Å². The second-order valence-electron chi connectivity index (χ2n) is 4.61. The van der Waals surface area contributed by atoms with Gasteiger partial charge in [-0.05, 0) is 44.0 Å². The fourth-order valence-electron chi connectivity index (χ4n) is 2.53. The van der Waals surface area contributed by atoms with Gasteiger partial charge in [0.15, 0.2) is 0 Å². The number of benzene rings is 1. The van der Waals surface area contributed by atoms with Gasteiger partial charge in [-0.2, -0.15) is 13.2 Å². The Morgan fingerprint density at radius 1 is 1.33 bits per heavy atom. The summed E-state index contributed by atoms with van der Waals surface area (Å²) in [6, 6.07) is 5.82.